The number of nitrogens with one attached hydrogen (secondary N) is 1. The van der Waals surface area contributed by atoms with E-state index in [1.54, 1.807) is 7.11 Å². The molecule has 1 amide bonds. The van der Waals surface area contributed by atoms with E-state index in [1.165, 1.54) is 11.3 Å². The number of aliphatic hydroxyl groups is 1. The van der Waals surface area contributed by atoms with Crippen molar-refractivity contribution < 1.29 is 19.4 Å². The summed E-state index contributed by atoms with van der Waals surface area (Å²) < 4.78 is 11.7. The third kappa shape index (κ3) is 4.90. The summed E-state index contributed by atoms with van der Waals surface area (Å²) in [6, 6.07) is 5.90. The number of amides is 1. The number of aromatic nitrogens is 1. The second kappa shape index (κ2) is 8.02. The Bertz CT molecular complexity index is 791. The van der Waals surface area contributed by atoms with Crippen molar-refractivity contribution in [2.75, 3.05) is 7.11 Å². The van der Waals surface area contributed by atoms with Crippen molar-refractivity contribution in [1.29, 1.82) is 0 Å². The summed E-state index contributed by atoms with van der Waals surface area (Å²) in [4.78, 5) is 16.5. The van der Waals surface area contributed by atoms with Crippen LogP contribution in [0.5, 0.6) is 5.75 Å². The highest BCUT2D eigenvalue weighted by molar-refractivity contribution is 7.18. The number of alkyl carbamates (subject to hydrolysis) is 1. The Labute approximate surface area is 163 Å². The van der Waals surface area contributed by atoms with Crippen LogP contribution in [0.2, 0.25) is 0 Å². The molecule has 148 valence electrons. The van der Waals surface area contributed by atoms with Crippen molar-refractivity contribution >= 4 is 27.6 Å². The number of thiazole rings is 1. The highest BCUT2D eigenvalue weighted by atomic mass is 32.1. The Morgan fingerprint density at radius 1 is 1.30 bits per heavy atom. The third-order valence-corrected chi connectivity index (χ3v) is 5.90. The van der Waals surface area contributed by atoms with Gasteiger partial charge in [0.05, 0.1) is 11.8 Å². The van der Waals surface area contributed by atoms with Gasteiger partial charge in [0.15, 0.2) is 0 Å². The highest BCUT2D eigenvalue weighted by Crippen LogP contribution is 2.39. The van der Waals surface area contributed by atoms with Gasteiger partial charge in [-0.05, 0) is 64.5 Å². The van der Waals surface area contributed by atoms with Gasteiger partial charge in [0.1, 0.15) is 28.0 Å². The average molecular weight is 393 g/mol. The number of ether oxygens (including phenoxy) is 2. The molecule has 1 unspecified atom stereocenters. The molecule has 1 aromatic heterocycles. The highest BCUT2D eigenvalue weighted by Gasteiger charge is 2.30. The minimum atomic E-state index is -0.588. The Hall–Kier alpha value is -1.86. The maximum Gasteiger partial charge on any atom is 0.407 e. The summed E-state index contributed by atoms with van der Waals surface area (Å²) in [5.41, 5.74) is 0.310. The van der Waals surface area contributed by atoms with E-state index >= 15 is 0 Å². The van der Waals surface area contributed by atoms with E-state index < -0.39 is 11.7 Å². The van der Waals surface area contributed by atoms with E-state index in [4.69, 9.17) is 9.47 Å². The van der Waals surface area contributed by atoms with Gasteiger partial charge < -0.3 is 19.9 Å². The quantitative estimate of drug-likeness (QED) is 0.805. The number of benzene rings is 1. The van der Waals surface area contributed by atoms with Crippen LogP contribution in [0, 0.1) is 5.92 Å². The van der Waals surface area contributed by atoms with Crippen molar-refractivity contribution in [3.05, 3.63) is 23.2 Å². The molecule has 0 radical (unpaired) electrons. The molecular formula is C20H28N2O4S. The largest absolute Gasteiger partial charge is 0.494 e. The van der Waals surface area contributed by atoms with Crippen LogP contribution in [0.3, 0.4) is 0 Å². The molecule has 2 aromatic rings. The predicted molar refractivity (Wildman–Crippen MR) is 106 cm³/mol. The van der Waals surface area contributed by atoms with Gasteiger partial charge in [0.2, 0.25) is 0 Å². The smallest absolute Gasteiger partial charge is 0.407 e. The van der Waals surface area contributed by atoms with Gasteiger partial charge in [-0.3, -0.25) is 0 Å². The molecule has 1 fully saturated rings. The molecule has 1 heterocycles. The monoisotopic (exact) mass is 392 g/mol. The van der Waals surface area contributed by atoms with Crippen LogP contribution >= 0.6 is 11.3 Å². The molecular weight excluding hydrogens is 364 g/mol. The number of fused-ring (bicyclic) bond motifs is 1. The topological polar surface area (TPSA) is 80.7 Å². The fourth-order valence-electron chi connectivity index (χ4n) is 3.49. The molecule has 6 nitrogen and oxygen atoms in total. The van der Waals surface area contributed by atoms with Gasteiger partial charge in [-0.15, -0.1) is 11.3 Å². The lowest BCUT2D eigenvalue weighted by molar-refractivity contribution is 0.0449. The van der Waals surface area contributed by atoms with Gasteiger partial charge in [0, 0.05) is 6.04 Å². The van der Waals surface area contributed by atoms with Gasteiger partial charge >= 0.3 is 6.09 Å². The Morgan fingerprint density at radius 3 is 2.63 bits per heavy atom. The van der Waals surface area contributed by atoms with Crippen molar-refractivity contribution in [3.63, 3.8) is 0 Å². The summed E-state index contributed by atoms with van der Waals surface area (Å²) in [6.45, 7) is 5.56. The van der Waals surface area contributed by atoms with Crippen LogP contribution in [0.25, 0.3) is 10.2 Å². The second-order valence-corrected chi connectivity index (χ2v) is 9.12. The van der Waals surface area contributed by atoms with E-state index in [-0.39, 0.29) is 18.1 Å². The van der Waals surface area contributed by atoms with Crippen LogP contribution in [-0.4, -0.2) is 34.9 Å². The van der Waals surface area contributed by atoms with Crippen LogP contribution in [0.1, 0.15) is 57.6 Å². The minimum absolute atomic E-state index is 0.0961. The average Bonchev–Trinajstić information content (AvgIpc) is 3.04. The standard InChI is InChI=1S/C20H28N2O4S/c1-20(2,3)26-19(24)21-13-10-8-12(9-11-13)17(23)18-22-16-14(25-4)6-5-7-15(16)27-18/h5-7,12-13,17,23H,8-11H2,1-4H3,(H,21,24). The number of nitrogens with zero attached hydrogens (tertiary/aromatic N) is 1. The molecule has 0 aliphatic heterocycles. The van der Waals surface area contributed by atoms with E-state index in [0.29, 0.717) is 0 Å². The molecule has 7 heteroatoms. The molecule has 27 heavy (non-hydrogen) atoms. The van der Waals surface area contributed by atoms with Gasteiger partial charge in [-0.1, -0.05) is 6.07 Å². The molecule has 0 saturated heterocycles. The number of hydrogen-bond donors (Lipinski definition) is 2. The molecule has 0 spiro atoms. The van der Waals surface area contributed by atoms with Crippen molar-refractivity contribution in [2.24, 2.45) is 5.92 Å². The molecule has 1 aliphatic rings. The van der Waals surface area contributed by atoms with Crippen molar-refractivity contribution in [2.45, 2.75) is 64.2 Å². The third-order valence-electron chi connectivity index (χ3n) is 4.81. The Kier molecular flexibility index (Phi) is 5.91. The van der Waals surface area contributed by atoms with E-state index in [0.717, 1.165) is 46.7 Å². The number of para-hydroxylation sites is 1. The molecule has 1 atom stereocenters. The summed E-state index contributed by atoms with van der Waals surface area (Å²) in [6.07, 6.45) is 2.38. The summed E-state index contributed by atoms with van der Waals surface area (Å²) in [7, 11) is 1.63. The molecule has 0 bridgehead atoms. The fraction of sp³-hybridized carbons (Fsp3) is 0.600. The molecule has 2 N–H and O–H groups in total. The van der Waals surface area contributed by atoms with E-state index in [9.17, 15) is 9.90 Å². The Morgan fingerprint density at radius 2 is 2.00 bits per heavy atom. The van der Waals surface area contributed by atoms with Gasteiger partial charge in [-0.2, -0.15) is 0 Å². The number of rotatable bonds is 4. The minimum Gasteiger partial charge on any atom is -0.494 e. The molecule has 3 rings (SSSR count). The SMILES string of the molecule is COc1cccc2sc(C(O)C3CCC(NC(=O)OC(C)(C)C)CC3)nc12. The number of carbonyl (C=O) groups is 1. The van der Waals surface area contributed by atoms with Crippen molar-refractivity contribution in [3.8, 4) is 5.75 Å². The zero-order valence-corrected chi connectivity index (χ0v) is 17.1. The summed E-state index contributed by atoms with van der Waals surface area (Å²) in [5.74, 6) is 0.876. The van der Waals surface area contributed by atoms with Gasteiger partial charge in [-0.25, -0.2) is 9.78 Å². The van der Waals surface area contributed by atoms with Crippen LogP contribution in [0.15, 0.2) is 18.2 Å². The maximum atomic E-state index is 11.9. The second-order valence-electron chi connectivity index (χ2n) is 8.06. The summed E-state index contributed by atoms with van der Waals surface area (Å²) in [5, 5.41) is 14.5. The molecule has 1 saturated carbocycles. The first-order valence-corrected chi connectivity index (χ1v) is 10.2. The zero-order valence-electron chi connectivity index (χ0n) is 16.3. The number of hydrogen-bond acceptors (Lipinski definition) is 6. The first-order chi connectivity index (χ1) is 12.8. The lowest BCUT2D eigenvalue weighted by atomic mass is 9.83. The van der Waals surface area contributed by atoms with Crippen LogP contribution in [-0.2, 0) is 4.74 Å². The van der Waals surface area contributed by atoms with E-state index in [2.05, 4.69) is 10.3 Å². The first-order valence-electron chi connectivity index (χ1n) is 9.38. The molecule has 1 aliphatic carbocycles. The molecule has 1 aromatic carbocycles. The Balaban J connectivity index is 1.59. The predicted octanol–water partition coefficient (Wildman–Crippen LogP) is 4.42. The van der Waals surface area contributed by atoms with Crippen LogP contribution < -0.4 is 10.1 Å². The number of aliphatic hydroxyl groups excluding tert-OH is 1. The first kappa shape index (κ1) is 19.9. The van der Waals surface area contributed by atoms with Gasteiger partial charge in [0.25, 0.3) is 0 Å². The summed E-state index contributed by atoms with van der Waals surface area (Å²) >= 11 is 1.52. The number of methoxy groups -OCH3 is 1. The number of carbonyl (C=O) groups excluding carboxylic acids is 1. The van der Waals surface area contributed by atoms with E-state index in [1.807, 2.05) is 39.0 Å². The zero-order chi connectivity index (χ0) is 19.6. The lowest BCUT2D eigenvalue weighted by Crippen LogP contribution is -2.41. The van der Waals surface area contributed by atoms with Crippen molar-refractivity contribution in [1.82, 2.24) is 10.3 Å². The van der Waals surface area contributed by atoms with Crippen LogP contribution in [0.4, 0.5) is 4.79 Å². The normalized spacial score (nSPS) is 21.7. The fourth-order valence-corrected chi connectivity index (χ4v) is 4.55. The lowest BCUT2D eigenvalue weighted by Gasteiger charge is -2.31. The maximum absolute atomic E-state index is 11.9.